The van der Waals surface area contributed by atoms with E-state index in [0.29, 0.717) is 24.1 Å². The summed E-state index contributed by atoms with van der Waals surface area (Å²) in [6.45, 7) is 4.34. The van der Waals surface area contributed by atoms with Crippen LogP contribution < -0.4 is 10.6 Å². The van der Waals surface area contributed by atoms with E-state index in [4.69, 9.17) is 0 Å². The molecule has 2 aromatic rings. The van der Waals surface area contributed by atoms with Crippen LogP contribution in [0.15, 0.2) is 48.5 Å². The van der Waals surface area contributed by atoms with E-state index in [-0.39, 0.29) is 30.3 Å². The first kappa shape index (κ1) is 20.8. The molecule has 1 spiro atoms. The van der Waals surface area contributed by atoms with Crippen molar-refractivity contribution in [2.24, 2.45) is 17.8 Å². The highest BCUT2D eigenvalue weighted by Gasteiger charge is 2.70. The summed E-state index contributed by atoms with van der Waals surface area (Å²) in [6, 6.07) is 13.4. The number of nitrogens with zero attached hydrogens (tertiary/aromatic N) is 1. The van der Waals surface area contributed by atoms with Gasteiger partial charge in [-0.15, -0.1) is 0 Å². The van der Waals surface area contributed by atoms with Crippen LogP contribution >= 0.6 is 0 Å². The summed E-state index contributed by atoms with van der Waals surface area (Å²) in [5.74, 6) is -2.78. The molecule has 4 atom stereocenters. The lowest BCUT2D eigenvalue weighted by molar-refractivity contribution is -0.142. The highest BCUT2D eigenvalue weighted by Crippen LogP contribution is 2.53. The molecule has 0 bridgehead atoms. The second-order valence-electron chi connectivity index (χ2n) is 9.40. The smallest absolute Gasteiger partial charge is 0.250 e. The van der Waals surface area contributed by atoms with E-state index in [9.17, 15) is 18.8 Å². The molecule has 2 saturated heterocycles. The quantitative estimate of drug-likeness (QED) is 0.708. The molecule has 6 nitrogen and oxygen atoms in total. The summed E-state index contributed by atoms with van der Waals surface area (Å²) in [5, 5.41) is 6.14. The number of fused-ring (bicyclic) bond motifs is 4. The Labute approximate surface area is 186 Å². The molecule has 0 radical (unpaired) electrons. The molecule has 166 valence electrons. The largest absolute Gasteiger partial charge is 0.324 e. The van der Waals surface area contributed by atoms with Crippen molar-refractivity contribution in [3.05, 3.63) is 65.5 Å². The minimum absolute atomic E-state index is 0.247. The Hall–Kier alpha value is -3.06. The Morgan fingerprint density at radius 1 is 1.06 bits per heavy atom. The van der Waals surface area contributed by atoms with E-state index in [0.717, 1.165) is 5.56 Å². The molecule has 3 amide bonds. The zero-order valence-corrected chi connectivity index (χ0v) is 18.1. The maximum absolute atomic E-state index is 14.2. The number of nitrogens with one attached hydrogen (secondary N) is 2. The fourth-order valence-electron chi connectivity index (χ4n) is 5.65. The number of likely N-dealkylation sites (tertiary alicyclic amines) is 1. The topological polar surface area (TPSA) is 78.5 Å². The highest BCUT2D eigenvalue weighted by atomic mass is 19.1. The number of hydrogen-bond acceptors (Lipinski definition) is 4. The monoisotopic (exact) mass is 435 g/mol. The molecular weight excluding hydrogens is 409 g/mol. The van der Waals surface area contributed by atoms with Crippen molar-refractivity contribution >= 4 is 23.4 Å². The molecule has 2 unspecified atom stereocenters. The van der Waals surface area contributed by atoms with Gasteiger partial charge in [-0.25, -0.2) is 4.39 Å². The summed E-state index contributed by atoms with van der Waals surface area (Å²) in [7, 11) is 0. The van der Waals surface area contributed by atoms with Gasteiger partial charge in [-0.2, -0.15) is 0 Å². The van der Waals surface area contributed by atoms with E-state index in [1.807, 2.05) is 44.2 Å². The average Bonchev–Trinajstić information content (AvgIpc) is 3.32. The van der Waals surface area contributed by atoms with Gasteiger partial charge in [0, 0.05) is 23.8 Å². The molecule has 7 heteroatoms. The molecule has 0 aliphatic carbocycles. The Kier molecular flexibility index (Phi) is 4.89. The number of amides is 3. The third-order valence-electron chi connectivity index (χ3n) is 6.96. The number of carbonyl (C=O) groups is 3. The average molecular weight is 435 g/mol. The van der Waals surface area contributed by atoms with Crippen LogP contribution in [0, 0.1) is 23.6 Å². The van der Waals surface area contributed by atoms with Gasteiger partial charge in [-0.1, -0.05) is 44.2 Å². The van der Waals surface area contributed by atoms with Crippen LogP contribution in [0.25, 0.3) is 0 Å². The summed E-state index contributed by atoms with van der Waals surface area (Å²) in [4.78, 5) is 41.7. The van der Waals surface area contributed by atoms with E-state index in [2.05, 4.69) is 10.6 Å². The lowest BCUT2D eigenvalue weighted by atomic mass is 9.76. The minimum atomic E-state index is -1.43. The molecule has 2 aromatic carbocycles. The number of carbonyl (C=O) groups excluding carboxylic acids is 3. The Balaban J connectivity index is 1.54. The van der Waals surface area contributed by atoms with Crippen molar-refractivity contribution < 1.29 is 18.8 Å². The number of anilines is 1. The zero-order valence-electron chi connectivity index (χ0n) is 18.1. The Morgan fingerprint density at radius 2 is 1.81 bits per heavy atom. The summed E-state index contributed by atoms with van der Waals surface area (Å²) < 4.78 is 14.2. The molecular formula is C25H26FN3O3. The molecule has 0 saturated carbocycles. The van der Waals surface area contributed by atoms with Crippen LogP contribution in [-0.4, -0.2) is 35.2 Å². The van der Waals surface area contributed by atoms with Crippen LogP contribution in [0.3, 0.4) is 0 Å². The lowest BCUT2D eigenvalue weighted by Gasteiger charge is -2.30. The first-order valence-corrected chi connectivity index (χ1v) is 11.1. The van der Waals surface area contributed by atoms with E-state index < -0.39 is 29.1 Å². The predicted molar refractivity (Wildman–Crippen MR) is 117 cm³/mol. The number of halogens is 1. The first-order valence-electron chi connectivity index (χ1n) is 11.1. The summed E-state index contributed by atoms with van der Waals surface area (Å²) >= 11 is 0. The summed E-state index contributed by atoms with van der Waals surface area (Å²) in [5.41, 5.74) is 0.490. The highest BCUT2D eigenvalue weighted by molar-refractivity contribution is 6.15. The van der Waals surface area contributed by atoms with Gasteiger partial charge in [0.2, 0.25) is 17.7 Å². The van der Waals surface area contributed by atoms with Gasteiger partial charge < -0.3 is 5.32 Å². The van der Waals surface area contributed by atoms with Gasteiger partial charge in [0.1, 0.15) is 11.4 Å². The van der Waals surface area contributed by atoms with Crippen molar-refractivity contribution in [2.75, 3.05) is 11.9 Å². The zero-order chi connectivity index (χ0) is 22.6. The van der Waals surface area contributed by atoms with Gasteiger partial charge >= 0.3 is 0 Å². The lowest BCUT2D eigenvalue weighted by Crippen LogP contribution is -2.53. The third kappa shape index (κ3) is 2.98. The van der Waals surface area contributed by atoms with Gasteiger partial charge in [0.15, 0.2) is 0 Å². The maximum atomic E-state index is 14.2. The van der Waals surface area contributed by atoms with Crippen LogP contribution in [-0.2, 0) is 26.3 Å². The second kappa shape index (κ2) is 7.52. The van der Waals surface area contributed by atoms with E-state index in [1.165, 1.54) is 23.1 Å². The van der Waals surface area contributed by atoms with E-state index >= 15 is 0 Å². The fraction of sp³-hybridized carbons (Fsp3) is 0.400. The van der Waals surface area contributed by atoms with E-state index in [1.54, 1.807) is 0 Å². The predicted octanol–water partition coefficient (Wildman–Crippen LogP) is 2.83. The van der Waals surface area contributed by atoms with Crippen molar-refractivity contribution in [3.8, 4) is 0 Å². The molecule has 2 N–H and O–H groups in total. The first-order chi connectivity index (χ1) is 15.3. The second-order valence-corrected chi connectivity index (χ2v) is 9.40. The number of hydrogen-bond donors (Lipinski definition) is 2. The van der Waals surface area contributed by atoms with Gasteiger partial charge in [-0.05, 0) is 42.5 Å². The molecule has 3 aliphatic heterocycles. The number of benzene rings is 2. The van der Waals surface area contributed by atoms with Crippen molar-refractivity contribution in [1.82, 2.24) is 10.2 Å². The van der Waals surface area contributed by atoms with Crippen molar-refractivity contribution in [2.45, 2.75) is 38.3 Å². The molecule has 5 rings (SSSR count). The van der Waals surface area contributed by atoms with Gasteiger partial charge in [0.25, 0.3) is 0 Å². The molecule has 0 aromatic heterocycles. The van der Waals surface area contributed by atoms with Crippen LogP contribution in [0.4, 0.5) is 10.1 Å². The van der Waals surface area contributed by atoms with Gasteiger partial charge in [0.05, 0.1) is 11.8 Å². The maximum Gasteiger partial charge on any atom is 0.250 e. The molecule has 3 heterocycles. The normalized spacial score (nSPS) is 28.6. The van der Waals surface area contributed by atoms with Crippen LogP contribution in [0.5, 0.6) is 0 Å². The molecule has 32 heavy (non-hydrogen) atoms. The Morgan fingerprint density at radius 3 is 2.53 bits per heavy atom. The van der Waals surface area contributed by atoms with Crippen molar-refractivity contribution in [1.29, 1.82) is 0 Å². The van der Waals surface area contributed by atoms with Crippen LogP contribution in [0.2, 0.25) is 0 Å². The third-order valence-corrected chi connectivity index (χ3v) is 6.96. The summed E-state index contributed by atoms with van der Waals surface area (Å²) in [6.07, 6.45) is 1.18. The van der Waals surface area contributed by atoms with Crippen molar-refractivity contribution in [3.63, 3.8) is 0 Å². The van der Waals surface area contributed by atoms with Gasteiger partial charge in [-0.3, -0.25) is 24.6 Å². The fourth-order valence-corrected chi connectivity index (χ4v) is 5.65. The van der Waals surface area contributed by atoms with Crippen LogP contribution in [0.1, 0.15) is 31.4 Å². The number of imide groups is 1. The number of rotatable bonds is 5. The standard InChI is InChI=1S/C25H26FN3O3/c1-14(2)12-19-20-21(23(31)29(22(20)30)11-10-15-6-4-3-5-7-15)25(28-19)17-13-16(26)8-9-18(17)27-24(25)32/h3-9,13-14,19-21,28H,10-12H2,1-2H3,(H,27,32)/t19?,20-,21+,25?/m0/s1. The minimum Gasteiger partial charge on any atom is -0.324 e. The molecule has 3 aliphatic rings. The Bertz CT molecular complexity index is 1100. The molecule has 2 fully saturated rings. The SMILES string of the molecule is CC(C)CC1NC2(C(=O)Nc3ccc(F)cc32)[C@H]2C(=O)N(CCc3ccccc3)C(=O)[C@@H]12.